The third-order valence-electron chi connectivity index (χ3n) is 5.75. The highest BCUT2D eigenvalue weighted by atomic mass is 16.7. The summed E-state index contributed by atoms with van der Waals surface area (Å²) in [4.78, 5) is 14.3. The van der Waals surface area contributed by atoms with Gasteiger partial charge in [0.05, 0.1) is 19.8 Å². The lowest BCUT2D eigenvalue weighted by Gasteiger charge is -2.25. The van der Waals surface area contributed by atoms with Gasteiger partial charge in [-0.1, -0.05) is 84.7 Å². The molecule has 38 heavy (non-hydrogen) atoms. The van der Waals surface area contributed by atoms with Crippen molar-refractivity contribution in [3.05, 3.63) is 124 Å². The van der Waals surface area contributed by atoms with Crippen molar-refractivity contribution in [1.29, 1.82) is 0 Å². The van der Waals surface area contributed by atoms with Gasteiger partial charge >= 0.3 is 5.95 Å². The second-order valence-corrected chi connectivity index (χ2v) is 8.83. The number of nitrogens with zero attached hydrogens (tertiary/aromatic N) is 3. The molecule has 0 saturated carbocycles. The fraction of sp³-hybridized carbons (Fsp3) is 0.276. The summed E-state index contributed by atoms with van der Waals surface area (Å²) in [6.45, 7) is 3.42. The molecule has 1 aromatic heterocycles. The van der Waals surface area contributed by atoms with E-state index in [-0.39, 0.29) is 25.2 Å². The number of rotatable bonds is 15. The van der Waals surface area contributed by atoms with E-state index in [1.165, 1.54) is 17.0 Å². The van der Waals surface area contributed by atoms with Crippen molar-refractivity contribution in [2.45, 2.75) is 39.8 Å². The van der Waals surface area contributed by atoms with Crippen LogP contribution >= 0.6 is 0 Å². The third kappa shape index (κ3) is 8.24. The molecule has 2 unspecified atom stereocenters. The lowest BCUT2D eigenvalue weighted by molar-refractivity contribution is -0.397. The Balaban J connectivity index is 1.34. The van der Waals surface area contributed by atoms with Crippen LogP contribution in [0.3, 0.4) is 0 Å². The Morgan fingerprint density at radius 2 is 1.50 bits per heavy atom. The lowest BCUT2D eigenvalue weighted by atomic mass is 10.2. The number of imidazole rings is 1. The van der Waals surface area contributed by atoms with Crippen molar-refractivity contribution in [1.82, 2.24) is 9.55 Å². The minimum atomic E-state index is -0.568. The SMILES string of the molecule is CC(COCn1ccnc1[N+](=O)[O-])C(OCc1ccccc1)OCc1cccc(OCc2ccccc2)c1. The Hall–Kier alpha value is -4.05. The molecule has 4 rings (SSSR count). The minimum Gasteiger partial charge on any atom is -0.489 e. The first-order chi connectivity index (χ1) is 18.6. The predicted molar refractivity (Wildman–Crippen MR) is 141 cm³/mol. The molecule has 1 heterocycles. The van der Waals surface area contributed by atoms with Gasteiger partial charge in [-0.15, -0.1) is 0 Å². The van der Waals surface area contributed by atoms with Crippen LogP contribution in [0.4, 0.5) is 5.95 Å². The minimum absolute atomic E-state index is 0.00680. The summed E-state index contributed by atoms with van der Waals surface area (Å²) in [6.07, 6.45) is 2.31. The first kappa shape index (κ1) is 27.0. The molecule has 9 nitrogen and oxygen atoms in total. The van der Waals surface area contributed by atoms with Gasteiger partial charge in [0.25, 0.3) is 0 Å². The molecule has 0 fully saturated rings. The Bertz CT molecular complexity index is 1270. The van der Waals surface area contributed by atoms with Crippen LogP contribution in [0, 0.1) is 16.0 Å². The van der Waals surface area contributed by atoms with Crippen molar-refractivity contribution in [2.24, 2.45) is 5.92 Å². The van der Waals surface area contributed by atoms with Gasteiger partial charge in [0.1, 0.15) is 24.8 Å². The molecule has 0 radical (unpaired) electrons. The van der Waals surface area contributed by atoms with Gasteiger partial charge in [0.15, 0.2) is 13.0 Å². The Morgan fingerprint density at radius 3 is 2.18 bits per heavy atom. The van der Waals surface area contributed by atoms with Crippen molar-refractivity contribution < 1.29 is 23.9 Å². The summed E-state index contributed by atoms with van der Waals surface area (Å²) in [5, 5.41) is 11.1. The zero-order valence-electron chi connectivity index (χ0n) is 21.2. The van der Waals surface area contributed by atoms with Crippen molar-refractivity contribution in [2.75, 3.05) is 6.61 Å². The number of hydrogen-bond donors (Lipinski definition) is 0. The molecule has 198 valence electrons. The van der Waals surface area contributed by atoms with Crippen LogP contribution < -0.4 is 4.74 Å². The van der Waals surface area contributed by atoms with Crippen LogP contribution in [0.25, 0.3) is 0 Å². The van der Waals surface area contributed by atoms with E-state index in [1.54, 1.807) is 0 Å². The standard InChI is InChI=1S/C29H31N3O6/c1-23(18-35-22-31-16-15-30-29(31)32(33)34)28(37-20-25-11-6-3-7-12-25)38-21-26-13-8-14-27(17-26)36-19-24-9-4-2-5-10-24/h2-17,23,28H,18-22H2,1H3. The molecule has 0 spiro atoms. The molecule has 0 amide bonds. The first-order valence-corrected chi connectivity index (χ1v) is 12.3. The summed E-state index contributed by atoms with van der Waals surface area (Å²) < 4.78 is 25.4. The number of ether oxygens (including phenoxy) is 4. The molecule has 0 N–H and O–H groups in total. The average Bonchev–Trinajstić information content (AvgIpc) is 3.42. The molecule has 0 saturated heterocycles. The molecule has 2 atom stereocenters. The summed E-state index contributed by atoms with van der Waals surface area (Å²) >= 11 is 0. The molecule has 0 aliphatic rings. The van der Waals surface area contributed by atoms with Gasteiger partial charge in [-0.3, -0.25) is 0 Å². The van der Waals surface area contributed by atoms with E-state index in [1.807, 2.05) is 91.9 Å². The van der Waals surface area contributed by atoms with E-state index in [4.69, 9.17) is 18.9 Å². The van der Waals surface area contributed by atoms with Crippen molar-refractivity contribution in [3.8, 4) is 5.75 Å². The summed E-state index contributed by atoms with van der Waals surface area (Å²) in [5.74, 6) is 0.342. The summed E-state index contributed by atoms with van der Waals surface area (Å²) in [7, 11) is 0. The molecule has 0 aliphatic carbocycles. The van der Waals surface area contributed by atoms with Crippen LogP contribution in [-0.2, 0) is 40.8 Å². The van der Waals surface area contributed by atoms with Crippen molar-refractivity contribution >= 4 is 5.95 Å². The van der Waals surface area contributed by atoms with Crippen LogP contribution in [0.5, 0.6) is 5.75 Å². The van der Waals surface area contributed by atoms with Gasteiger partial charge in [0.2, 0.25) is 0 Å². The van der Waals surface area contributed by atoms with E-state index in [0.29, 0.717) is 19.8 Å². The molecule has 4 aromatic rings. The average molecular weight is 518 g/mol. The maximum atomic E-state index is 11.1. The molecular formula is C29H31N3O6. The van der Waals surface area contributed by atoms with E-state index in [2.05, 4.69) is 4.98 Å². The van der Waals surface area contributed by atoms with Crippen LogP contribution in [0.1, 0.15) is 23.6 Å². The Kier molecular flexibility index (Phi) is 9.97. The number of benzene rings is 3. The van der Waals surface area contributed by atoms with E-state index < -0.39 is 11.2 Å². The zero-order chi connectivity index (χ0) is 26.6. The Labute approximate surface area is 221 Å². The largest absolute Gasteiger partial charge is 0.489 e. The number of nitro groups is 1. The van der Waals surface area contributed by atoms with Gasteiger partial charge in [-0.2, -0.15) is 0 Å². The van der Waals surface area contributed by atoms with Crippen LogP contribution in [0.15, 0.2) is 97.3 Å². The highest BCUT2D eigenvalue weighted by molar-refractivity contribution is 5.28. The zero-order valence-corrected chi connectivity index (χ0v) is 21.2. The summed E-state index contributed by atoms with van der Waals surface area (Å²) in [5.41, 5.74) is 3.07. The maximum Gasteiger partial charge on any atom is 0.436 e. The maximum absolute atomic E-state index is 11.1. The molecule has 3 aromatic carbocycles. The lowest BCUT2D eigenvalue weighted by Crippen LogP contribution is -2.29. The predicted octanol–water partition coefficient (Wildman–Crippen LogP) is 5.74. The first-order valence-electron chi connectivity index (χ1n) is 12.3. The number of aromatic nitrogens is 2. The third-order valence-corrected chi connectivity index (χ3v) is 5.75. The van der Waals surface area contributed by atoms with E-state index in [9.17, 15) is 10.1 Å². The molecule has 0 aliphatic heterocycles. The van der Waals surface area contributed by atoms with Gasteiger partial charge in [-0.05, 0) is 33.7 Å². The van der Waals surface area contributed by atoms with Gasteiger partial charge < -0.3 is 29.1 Å². The second kappa shape index (κ2) is 14.0. The fourth-order valence-electron chi connectivity index (χ4n) is 3.76. The quantitative estimate of drug-likeness (QED) is 0.113. The fourth-order valence-corrected chi connectivity index (χ4v) is 3.76. The highest BCUT2D eigenvalue weighted by Gasteiger charge is 2.21. The van der Waals surface area contributed by atoms with Gasteiger partial charge in [-0.25, -0.2) is 4.57 Å². The second-order valence-electron chi connectivity index (χ2n) is 8.83. The normalized spacial score (nSPS) is 12.7. The topological polar surface area (TPSA) is 97.9 Å². The Morgan fingerprint density at radius 1 is 0.868 bits per heavy atom. The van der Waals surface area contributed by atoms with Crippen LogP contribution in [-0.4, -0.2) is 27.4 Å². The summed E-state index contributed by atoms with van der Waals surface area (Å²) in [6, 6.07) is 27.6. The highest BCUT2D eigenvalue weighted by Crippen LogP contribution is 2.20. The van der Waals surface area contributed by atoms with E-state index in [0.717, 1.165) is 22.4 Å². The molecular weight excluding hydrogens is 486 g/mol. The molecule has 9 heteroatoms. The van der Waals surface area contributed by atoms with Crippen molar-refractivity contribution in [3.63, 3.8) is 0 Å². The van der Waals surface area contributed by atoms with E-state index >= 15 is 0 Å². The van der Waals surface area contributed by atoms with Crippen LogP contribution in [0.2, 0.25) is 0 Å². The van der Waals surface area contributed by atoms with Gasteiger partial charge in [0, 0.05) is 5.92 Å². The monoisotopic (exact) mass is 517 g/mol. The molecule has 0 bridgehead atoms. The smallest absolute Gasteiger partial charge is 0.436 e. The number of hydrogen-bond acceptors (Lipinski definition) is 7.